The summed E-state index contributed by atoms with van der Waals surface area (Å²) in [6.07, 6.45) is 0. The van der Waals surface area contributed by atoms with Gasteiger partial charge in [0.1, 0.15) is 5.75 Å². The lowest BCUT2D eigenvalue weighted by Crippen LogP contribution is -2.33. The van der Waals surface area contributed by atoms with Crippen LogP contribution in [-0.2, 0) is 0 Å². The molecule has 1 atom stereocenters. The van der Waals surface area contributed by atoms with Crippen molar-refractivity contribution >= 4 is 0 Å². The summed E-state index contributed by atoms with van der Waals surface area (Å²) in [6, 6.07) is 8.32. The standard InChI is InChI=1S/C13H21NO/c1-5-14(10(2)3)11(4)12-8-6-7-9-13(12)15/h6-11,15H,5H2,1-4H3. The summed E-state index contributed by atoms with van der Waals surface area (Å²) >= 11 is 0. The quantitative estimate of drug-likeness (QED) is 0.819. The number of benzene rings is 1. The van der Waals surface area contributed by atoms with Crippen LogP contribution in [-0.4, -0.2) is 22.6 Å². The summed E-state index contributed by atoms with van der Waals surface area (Å²) in [4.78, 5) is 2.36. The lowest BCUT2D eigenvalue weighted by molar-refractivity contribution is 0.172. The van der Waals surface area contributed by atoms with Crippen LogP contribution in [0.5, 0.6) is 5.75 Å². The van der Waals surface area contributed by atoms with Crippen LogP contribution in [0.2, 0.25) is 0 Å². The first-order chi connectivity index (χ1) is 7.07. The molecule has 1 aromatic carbocycles. The predicted octanol–water partition coefficient (Wildman–Crippen LogP) is 3.18. The van der Waals surface area contributed by atoms with E-state index in [0.29, 0.717) is 11.8 Å². The van der Waals surface area contributed by atoms with Gasteiger partial charge in [0, 0.05) is 17.6 Å². The molecule has 0 saturated carbocycles. The minimum absolute atomic E-state index is 0.260. The molecule has 2 heteroatoms. The van der Waals surface area contributed by atoms with E-state index in [0.717, 1.165) is 12.1 Å². The van der Waals surface area contributed by atoms with Gasteiger partial charge in [-0.3, -0.25) is 4.90 Å². The molecule has 0 aliphatic heterocycles. The zero-order valence-corrected chi connectivity index (χ0v) is 10.1. The highest BCUT2D eigenvalue weighted by atomic mass is 16.3. The van der Waals surface area contributed by atoms with Crippen LogP contribution in [0, 0.1) is 0 Å². The van der Waals surface area contributed by atoms with Crippen LogP contribution in [0.25, 0.3) is 0 Å². The molecule has 1 unspecified atom stereocenters. The van der Waals surface area contributed by atoms with E-state index in [1.807, 2.05) is 18.2 Å². The van der Waals surface area contributed by atoms with E-state index >= 15 is 0 Å². The SMILES string of the molecule is CCN(C(C)C)C(C)c1ccccc1O. The smallest absolute Gasteiger partial charge is 0.120 e. The average Bonchev–Trinajstić information content (AvgIpc) is 2.18. The summed E-state index contributed by atoms with van der Waals surface area (Å²) in [7, 11) is 0. The van der Waals surface area contributed by atoms with Gasteiger partial charge < -0.3 is 5.11 Å². The molecule has 15 heavy (non-hydrogen) atoms. The van der Waals surface area contributed by atoms with Crippen LogP contribution in [0.3, 0.4) is 0 Å². The predicted molar refractivity (Wildman–Crippen MR) is 64.0 cm³/mol. The summed E-state index contributed by atoms with van der Waals surface area (Å²) in [5.41, 5.74) is 1.01. The van der Waals surface area contributed by atoms with Crippen molar-refractivity contribution in [3.8, 4) is 5.75 Å². The molecule has 1 aromatic rings. The number of phenolic OH excluding ortho intramolecular Hbond substituents is 1. The number of hydrogen-bond acceptors (Lipinski definition) is 2. The Morgan fingerprint density at radius 3 is 2.27 bits per heavy atom. The number of phenols is 1. The third-order valence-corrected chi connectivity index (χ3v) is 2.91. The molecule has 0 saturated heterocycles. The van der Waals surface area contributed by atoms with Gasteiger partial charge in [-0.05, 0) is 33.4 Å². The summed E-state index contributed by atoms with van der Waals surface area (Å²) in [5.74, 6) is 0.393. The van der Waals surface area contributed by atoms with E-state index in [1.54, 1.807) is 6.07 Å². The molecule has 1 rings (SSSR count). The van der Waals surface area contributed by atoms with Crippen LogP contribution in [0.1, 0.15) is 39.3 Å². The zero-order chi connectivity index (χ0) is 11.4. The fourth-order valence-corrected chi connectivity index (χ4v) is 2.11. The second kappa shape index (κ2) is 5.17. The Kier molecular flexibility index (Phi) is 4.15. The van der Waals surface area contributed by atoms with Crippen molar-refractivity contribution in [1.82, 2.24) is 4.90 Å². The molecular weight excluding hydrogens is 186 g/mol. The van der Waals surface area contributed by atoms with Crippen molar-refractivity contribution in [2.45, 2.75) is 39.8 Å². The molecule has 84 valence electrons. The van der Waals surface area contributed by atoms with Crippen molar-refractivity contribution in [2.24, 2.45) is 0 Å². The maximum atomic E-state index is 9.78. The molecule has 0 aliphatic rings. The number of rotatable bonds is 4. The summed E-state index contributed by atoms with van der Waals surface area (Å²) < 4.78 is 0. The third kappa shape index (κ3) is 2.72. The summed E-state index contributed by atoms with van der Waals surface area (Å²) in [5, 5.41) is 9.78. The second-order valence-electron chi connectivity index (χ2n) is 4.16. The number of nitrogens with zero attached hydrogens (tertiary/aromatic N) is 1. The topological polar surface area (TPSA) is 23.5 Å². The highest BCUT2D eigenvalue weighted by molar-refractivity contribution is 5.34. The maximum Gasteiger partial charge on any atom is 0.120 e. The highest BCUT2D eigenvalue weighted by Gasteiger charge is 2.18. The van der Waals surface area contributed by atoms with E-state index in [4.69, 9.17) is 0 Å². The Morgan fingerprint density at radius 2 is 1.80 bits per heavy atom. The van der Waals surface area contributed by atoms with Gasteiger partial charge in [0.05, 0.1) is 0 Å². The minimum atomic E-state index is 0.260. The molecule has 2 nitrogen and oxygen atoms in total. The Bertz CT molecular complexity index is 309. The Labute approximate surface area is 92.5 Å². The molecular formula is C13H21NO. The minimum Gasteiger partial charge on any atom is -0.508 e. The normalized spacial score (nSPS) is 13.5. The number of aromatic hydroxyl groups is 1. The van der Waals surface area contributed by atoms with Crippen molar-refractivity contribution in [3.63, 3.8) is 0 Å². The van der Waals surface area contributed by atoms with Gasteiger partial charge >= 0.3 is 0 Å². The van der Waals surface area contributed by atoms with Crippen molar-refractivity contribution in [1.29, 1.82) is 0 Å². The van der Waals surface area contributed by atoms with E-state index in [9.17, 15) is 5.11 Å². The third-order valence-electron chi connectivity index (χ3n) is 2.91. The first kappa shape index (κ1) is 12.1. The molecule has 0 heterocycles. The number of para-hydroxylation sites is 1. The van der Waals surface area contributed by atoms with Gasteiger partial charge in [-0.2, -0.15) is 0 Å². The van der Waals surface area contributed by atoms with E-state index < -0.39 is 0 Å². The monoisotopic (exact) mass is 207 g/mol. The molecule has 0 spiro atoms. The van der Waals surface area contributed by atoms with Gasteiger partial charge in [0.25, 0.3) is 0 Å². The lowest BCUT2D eigenvalue weighted by Gasteiger charge is -2.32. The molecule has 0 aliphatic carbocycles. The Hall–Kier alpha value is -1.02. The van der Waals surface area contributed by atoms with E-state index in [2.05, 4.69) is 32.6 Å². The summed E-state index contributed by atoms with van der Waals surface area (Å²) in [6.45, 7) is 9.64. The Balaban J connectivity index is 2.92. The van der Waals surface area contributed by atoms with Crippen LogP contribution >= 0.6 is 0 Å². The largest absolute Gasteiger partial charge is 0.508 e. The molecule has 0 bridgehead atoms. The molecule has 1 N–H and O–H groups in total. The van der Waals surface area contributed by atoms with Gasteiger partial charge in [-0.1, -0.05) is 25.1 Å². The molecule has 0 radical (unpaired) electrons. The highest BCUT2D eigenvalue weighted by Crippen LogP contribution is 2.28. The fourth-order valence-electron chi connectivity index (χ4n) is 2.11. The fraction of sp³-hybridized carbons (Fsp3) is 0.538. The van der Waals surface area contributed by atoms with Crippen LogP contribution in [0.4, 0.5) is 0 Å². The zero-order valence-electron chi connectivity index (χ0n) is 10.1. The van der Waals surface area contributed by atoms with Crippen molar-refractivity contribution in [3.05, 3.63) is 29.8 Å². The van der Waals surface area contributed by atoms with Crippen LogP contribution < -0.4 is 0 Å². The molecule has 0 fully saturated rings. The molecule has 0 amide bonds. The number of hydrogen-bond donors (Lipinski definition) is 1. The van der Waals surface area contributed by atoms with Crippen molar-refractivity contribution < 1.29 is 5.11 Å². The Morgan fingerprint density at radius 1 is 1.20 bits per heavy atom. The van der Waals surface area contributed by atoms with Crippen molar-refractivity contribution in [2.75, 3.05) is 6.54 Å². The van der Waals surface area contributed by atoms with Gasteiger partial charge in [0.2, 0.25) is 0 Å². The average molecular weight is 207 g/mol. The second-order valence-corrected chi connectivity index (χ2v) is 4.16. The van der Waals surface area contributed by atoms with E-state index in [-0.39, 0.29) is 6.04 Å². The van der Waals surface area contributed by atoms with Crippen LogP contribution in [0.15, 0.2) is 24.3 Å². The van der Waals surface area contributed by atoms with Gasteiger partial charge in [-0.15, -0.1) is 0 Å². The first-order valence-corrected chi connectivity index (χ1v) is 5.61. The van der Waals surface area contributed by atoms with Gasteiger partial charge in [-0.25, -0.2) is 0 Å². The van der Waals surface area contributed by atoms with E-state index in [1.165, 1.54) is 0 Å². The lowest BCUT2D eigenvalue weighted by atomic mass is 10.0. The first-order valence-electron chi connectivity index (χ1n) is 5.61. The van der Waals surface area contributed by atoms with Gasteiger partial charge in [0.15, 0.2) is 0 Å². The maximum absolute atomic E-state index is 9.78. The molecule has 0 aromatic heterocycles.